The number of carbonyl (C=O) groups is 2. The van der Waals surface area contributed by atoms with Gasteiger partial charge in [0.1, 0.15) is 6.04 Å². The van der Waals surface area contributed by atoms with Gasteiger partial charge in [-0.2, -0.15) is 0 Å². The summed E-state index contributed by atoms with van der Waals surface area (Å²) < 4.78 is 4.70. The molecule has 0 radical (unpaired) electrons. The number of nitrogens with two attached hydrogens (primary N) is 1. The Morgan fingerprint density at radius 3 is 2.72 bits per heavy atom. The minimum absolute atomic E-state index is 0.195. The third kappa shape index (κ3) is 2.33. The summed E-state index contributed by atoms with van der Waals surface area (Å²) in [7, 11) is 1.31. The number of methoxy groups -OCH3 is 1. The van der Waals surface area contributed by atoms with Crippen LogP contribution in [0.4, 0.5) is 0 Å². The van der Waals surface area contributed by atoms with Gasteiger partial charge in [0, 0.05) is 30.5 Å². The highest BCUT2D eigenvalue weighted by Gasteiger charge is 2.39. The van der Waals surface area contributed by atoms with Gasteiger partial charge in [-0.1, -0.05) is 0 Å². The molecule has 0 aliphatic carbocycles. The van der Waals surface area contributed by atoms with Crippen LogP contribution in [0.1, 0.15) is 16.8 Å². The summed E-state index contributed by atoms with van der Waals surface area (Å²) in [4.78, 5) is 29.2. The zero-order valence-electron chi connectivity index (χ0n) is 10.1. The Bertz CT molecular complexity index is 449. The molecule has 96 valence electrons. The van der Waals surface area contributed by atoms with E-state index in [1.165, 1.54) is 24.4 Å². The van der Waals surface area contributed by atoms with Gasteiger partial charge in [0.25, 0.3) is 5.91 Å². The molecule has 1 aliphatic heterocycles. The van der Waals surface area contributed by atoms with Crippen molar-refractivity contribution in [3.8, 4) is 0 Å². The molecule has 2 atom stereocenters. The molecular weight excluding hydrogens is 234 g/mol. The van der Waals surface area contributed by atoms with Gasteiger partial charge in [-0.15, -0.1) is 0 Å². The highest BCUT2D eigenvalue weighted by molar-refractivity contribution is 5.97. The van der Waals surface area contributed by atoms with E-state index in [0.29, 0.717) is 18.5 Å². The predicted octanol–water partition coefficient (Wildman–Crippen LogP) is -0.204. The Morgan fingerprint density at radius 2 is 2.11 bits per heavy atom. The molecular formula is C12H15N3O3. The molecule has 0 bridgehead atoms. The van der Waals surface area contributed by atoms with Crippen LogP contribution in [0.2, 0.25) is 0 Å². The van der Waals surface area contributed by atoms with Gasteiger partial charge in [-0.25, -0.2) is 4.79 Å². The van der Waals surface area contributed by atoms with Crippen molar-refractivity contribution in [2.45, 2.75) is 18.5 Å². The summed E-state index contributed by atoms with van der Waals surface area (Å²) in [6.45, 7) is 0.362. The van der Waals surface area contributed by atoms with Crippen LogP contribution in [-0.2, 0) is 9.53 Å². The Morgan fingerprint density at radius 1 is 1.44 bits per heavy atom. The van der Waals surface area contributed by atoms with Crippen molar-refractivity contribution in [3.63, 3.8) is 0 Å². The van der Waals surface area contributed by atoms with Crippen molar-refractivity contribution in [2.24, 2.45) is 5.73 Å². The van der Waals surface area contributed by atoms with Gasteiger partial charge in [0.2, 0.25) is 0 Å². The highest BCUT2D eigenvalue weighted by Crippen LogP contribution is 2.20. The molecule has 1 fully saturated rings. The van der Waals surface area contributed by atoms with E-state index in [0.717, 1.165) is 0 Å². The van der Waals surface area contributed by atoms with Crippen molar-refractivity contribution >= 4 is 11.9 Å². The Kier molecular flexibility index (Phi) is 3.57. The number of carbonyl (C=O) groups excluding carboxylic acids is 2. The summed E-state index contributed by atoms with van der Waals surface area (Å²) >= 11 is 0. The zero-order valence-corrected chi connectivity index (χ0v) is 10.1. The average molecular weight is 249 g/mol. The number of hydrogen-bond donors (Lipinski definition) is 1. The monoisotopic (exact) mass is 249 g/mol. The Balaban J connectivity index is 2.21. The van der Waals surface area contributed by atoms with Crippen molar-refractivity contribution in [1.82, 2.24) is 9.88 Å². The molecule has 1 saturated heterocycles. The lowest BCUT2D eigenvalue weighted by atomic mass is 10.1. The van der Waals surface area contributed by atoms with Crippen LogP contribution in [0.15, 0.2) is 24.5 Å². The number of amides is 1. The van der Waals surface area contributed by atoms with E-state index in [1.807, 2.05) is 0 Å². The molecule has 0 saturated carbocycles. The number of aromatic nitrogens is 1. The fraction of sp³-hybridized carbons (Fsp3) is 0.417. The number of hydrogen-bond acceptors (Lipinski definition) is 5. The van der Waals surface area contributed by atoms with Gasteiger partial charge in [-0.05, 0) is 18.6 Å². The molecule has 1 amide bonds. The molecule has 6 heteroatoms. The molecule has 0 unspecified atom stereocenters. The minimum atomic E-state index is -0.592. The quantitative estimate of drug-likeness (QED) is 0.733. The van der Waals surface area contributed by atoms with Gasteiger partial charge in [-0.3, -0.25) is 9.78 Å². The van der Waals surface area contributed by atoms with Crippen molar-refractivity contribution in [3.05, 3.63) is 30.1 Å². The first-order valence-corrected chi connectivity index (χ1v) is 5.68. The number of ether oxygens (including phenoxy) is 1. The largest absolute Gasteiger partial charge is 0.467 e. The second kappa shape index (κ2) is 5.14. The van der Waals surface area contributed by atoms with Crippen LogP contribution < -0.4 is 5.73 Å². The first-order chi connectivity index (χ1) is 8.63. The third-order valence-electron chi connectivity index (χ3n) is 2.99. The van der Waals surface area contributed by atoms with E-state index in [2.05, 4.69) is 4.98 Å². The average Bonchev–Trinajstić information content (AvgIpc) is 2.80. The molecule has 6 nitrogen and oxygen atoms in total. The number of rotatable bonds is 2. The minimum Gasteiger partial charge on any atom is -0.467 e. The molecule has 2 N–H and O–H groups in total. The zero-order chi connectivity index (χ0) is 13.1. The summed E-state index contributed by atoms with van der Waals surface area (Å²) in [6.07, 6.45) is 3.51. The first kappa shape index (κ1) is 12.5. The van der Waals surface area contributed by atoms with Crippen LogP contribution in [0.3, 0.4) is 0 Å². The molecule has 1 aromatic rings. The lowest BCUT2D eigenvalue weighted by molar-refractivity contribution is -0.145. The fourth-order valence-corrected chi connectivity index (χ4v) is 2.11. The molecule has 2 rings (SSSR count). The Hall–Kier alpha value is -1.95. The van der Waals surface area contributed by atoms with E-state index >= 15 is 0 Å². The van der Waals surface area contributed by atoms with Crippen molar-refractivity contribution in [2.75, 3.05) is 13.7 Å². The second-order valence-electron chi connectivity index (χ2n) is 4.23. The second-order valence-corrected chi connectivity index (χ2v) is 4.23. The topological polar surface area (TPSA) is 85.5 Å². The number of pyridine rings is 1. The van der Waals surface area contributed by atoms with Crippen LogP contribution in [-0.4, -0.2) is 47.5 Å². The standard InChI is InChI=1S/C12H15N3O3/c1-18-12(17)10-6-9(13)7-15(10)11(16)8-2-4-14-5-3-8/h2-5,9-10H,6-7,13H2,1H3/t9-,10-/m0/s1. The van der Waals surface area contributed by atoms with Gasteiger partial charge < -0.3 is 15.4 Å². The lowest BCUT2D eigenvalue weighted by Gasteiger charge is -2.22. The van der Waals surface area contributed by atoms with Crippen LogP contribution in [0.25, 0.3) is 0 Å². The first-order valence-electron chi connectivity index (χ1n) is 5.68. The maximum atomic E-state index is 12.3. The lowest BCUT2D eigenvalue weighted by Crippen LogP contribution is -2.41. The van der Waals surface area contributed by atoms with E-state index < -0.39 is 12.0 Å². The fourth-order valence-electron chi connectivity index (χ4n) is 2.11. The van der Waals surface area contributed by atoms with Gasteiger partial charge in [0.15, 0.2) is 0 Å². The van der Waals surface area contributed by atoms with Crippen LogP contribution in [0, 0.1) is 0 Å². The Labute approximate surface area is 105 Å². The maximum Gasteiger partial charge on any atom is 0.328 e. The maximum absolute atomic E-state index is 12.3. The van der Waals surface area contributed by atoms with E-state index in [1.54, 1.807) is 12.1 Å². The summed E-state index contributed by atoms with van der Waals surface area (Å²) in [6, 6.07) is 2.44. The number of nitrogens with zero attached hydrogens (tertiary/aromatic N) is 2. The summed E-state index contributed by atoms with van der Waals surface area (Å²) in [5, 5.41) is 0. The van der Waals surface area contributed by atoms with E-state index in [-0.39, 0.29) is 11.9 Å². The summed E-state index contributed by atoms with van der Waals surface area (Å²) in [5.74, 6) is -0.647. The predicted molar refractivity (Wildman–Crippen MR) is 63.7 cm³/mol. The summed E-state index contributed by atoms with van der Waals surface area (Å²) in [5.41, 5.74) is 6.30. The number of esters is 1. The normalized spacial score (nSPS) is 22.9. The van der Waals surface area contributed by atoms with Gasteiger partial charge >= 0.3 is 5.97 Å². The smallest absolute Gasteiger partial charge is 0.328 e. The SMILES string of the molecule is COC(=O)[C@@H]1C[C@H](N)CN1C(=O)c1ccncc1. The molecule has 1 aliphatic rings. The molecule has 2 heterocycles. The van der Waals surface area contributed by atoms with E-state index in [9.17, 15) is 9.59 Å². The van der Waals surface area contributed by atoms with Crippen LogP contribution >= 0.6 is 0 Å². The van der Waals surface area contributed by atoms with Crippen LogP contribution in [0.5, 0.6) is 0 Å². The molecule has 0 spiro atoms. The molecule has 18 heavy (non-hydrogen) atoms. The highest BCUT2D eigenvalue weighted by atomic mass is 16.5. The molecule has 1 aromatic heterocycles. The van der Waals surface area contributed by atoms with Crippen molar-refractivity contribution in [1.29, 1.82) is 0 Å². The van der Waals surface area contributed by atoms with E-state index in [4.69, 9.17) is 10.5 Å². The third-order valence-corrected chi connectivity index (χ3v) is 2.99. The van der Waals surface area contributed by atoms with Crippen molar-refractivity contribution < 1.29 is 14.3 Å². The molecule has 0 aromatic carbocycles. The van der Waals surface area contributed by atoms with Gasteiger partial charge in [0.05, 0.1) is 7.11 Å². The number of likely N-dealkylation sites (tertiary alicyclic amines) is 1.